The molecule has 1 heterocycles. The number of hydrogen-bond donors (Lipinski definition) is 0. The predicted molar refractivity (Wildman–Crippen MR) is 92.0 cm³/mol. The third kappa shape index (κ3) is 7.55. The monoisotopic (exact) mass is 383 g/mol. The molecule has 0 atom stereocenters. The highest BCUT2D eigenvalue weighted by Gasteiger charge is 2.31. The molecule has 0 saturated carbocycles. The maximum atomic E-state index is 12.1. The van der Waals surface area contributed by atoms with Crippen molar-refractivity contribution in [3.05, 3.63) is 48.2 Å². The molecule has 0 unspecified atom stereocenters. The Morgan fingerprint density at radius 2 is 1.70 bits per heavy atom. The summed E-state index contributed by atoms with van der Waals surface area (Å²) in [7, 11) is 0. The number of aromatic nitrogens is 1. The maximum absolute atomic E-state index is 12.1. The third-order valence-corrected chi connectivity index (χ3v) is 3.50. The van der Waals surface area contributed by atoms with Gasteiger partial charge in [-0.2, -0.15) is 0 Å². The van der Waals surface area contributed by atoms with Gasteiger partial charge in [-0.15, -0.1) is 13.2 Å². The normalized spacial score (nSPS) is 11.1. The van der Waals surface area contributed by atoms with Crippen LogP contribution in [0, 0.1) is 0 Å². The zero-order valence-electron chi connectivity index (χ0n) is 14.8. The van der Waals surface area contributed by atoms with Gasteiger partial charge in [-0.1, -0.05) is 26.2 Å². The zero-order chi connectivity index (χ0) is 19.7. The number of alkyl halides is 3. The van der Waals surface area contributed by atoms with Crippen molar-refractivity contribution in [2.75, 3.05) is 6.61 Å². The number of hydrogen-bond acceptors (Lipinski definition) is 5. The molecular weight excluding hydrogens is 363 g/mol. The van der Waals surface area contributed by atoms with Crippen molar-refractivity contribution in [1.82, 2.24) is 4.98 Å². The van der Waals surface area contributed by atoms with E-state index in [9.17, 15) is 18.0 Å². The number of nitrogens with zero attached hydrogens (tertiary/aromatic N) is 1. The summed E-state index contributed by atoms with van der Waals surface area (Å²) in [5, 5.41) is 0. The van der Waals surface area contributed by atoms with Crippen LogP contribution in [-0.2, 0) is 0 Å². The number of carbonyl (C=O) groups is 1. The van der Waals surface area contributed by atoms with E-state index in [2.05, 4.69) is 16.6 Å². The molecule has 0 N–H and O–H groups in total. The van der Waals surface area contributed by atoms with Gasteiger partial charge in [0.1, 0.15) is 11.5 Å². The van der Waals surface area contributed by atoms with Crippen LogP contribution < -0.4 is 14.2 Å². The molecule has 0 bridgehead atoms. The molecule has 0 radical (unpaired) electrons. The Morgan fingerprint density at radius 3 is 2.30 bits per heavy atom. The van der Waals surface area contributed by atoms with Crippen LogP contribution in [0.15, 0.2) is 42.6 Å². The van der Waals surface area contributed by atoms with Gasteiger partial charge < -0.3 is 14.2 Å². The van der Waals surface area contributed by atoms with E-state index >= 15 is 0 Å². The van der Waals surface area contributed by atoms with Crippen molar-refractivity contribution in [2.45, 2.75) is 39.0 Å². The van der Waals surface area contributed by atoms with Crippen molar-refractivity contribution in [1.29, 1.82) is 0 Å². The van der Waals surface area contributed by atoms with E-state index in [0.29, 0.717) is 12.4 Å². The second kappa shape index (κ2) is 9.80. The van der Waals surface area contributed by atoms with Crippen LogP contribution in [-0.4, -0.2) is 23.9 Å². The van der Waals surface area contributed by atoms with Gasteiger partial charge in [0.15, 0.2) is 0 Å². The van der Waals surface area contributed by atoms with E-state index in [1.807, 2.05) is 0 Å². The van der Waals surface area contributed by atoms with Gasteiger partial charge >= 0.3 is 12.3 Å². The summed E-state index contributed by atoms with van der Waals surface area (Å²) in [6.45, 7) is 2.75. The van der Waals surface area contributed by atoms with Crippen LogP contribution in [0.4, 0.5) is 13.2 Å². The van der Waals surface area contributed by atoms with Crippen LogP contribution in [0.25, 0.3) is 0 Å². The van der Waals surface area contributed by atoms with Gasteiger partial charge in [0.2, 0.25) is 5.88 Å². The minimum absolute atomic E-state index is 0.00535. The topological polar surface area (TPSA) is 57.7 Å². The van der Waals surface area contributed by atoms with Crippen molar-refractivity contribution >= 4 is 5.97 Å². The number of pyridine rings is 1. The molecule has 1 aromatic carbocycles. The van der Waals surface area contributed by atoms with E-state index in [0.717, 1.165) is 31.5 Å². The molecule has 5 nitrogen and oxygen atoms in total. The molecule has 0 aliphatic carbocycles. The summed E-state index contributed by atoms with van der Waals surface area (Å²) in [6.07, 6.45) is 0.564. The Kier molecular flexibility index (Phi) is 7.45. The summed E-state index contributed by atoms with van der Waals surface area (Å²) in [5.74, 6) is -0.636. The first-order valence-corrected chi connectivity index (χ1v) is 8.54. The van der Waals surface area contributed by atoms with Crippen LogP contribution in [0.3, 0.4) is 0 Å². The highest BCUT2D eigenvalue weighted by molar-refractivity contribution is 5.91. The number of rotatable bonds is 9. The summed E-state index contributed by atoms with van der Waals surface area (Å²) in [4.78, 5) is 15.5. The predicted octanol–water partition coefficient (Wildman–Crippen LogP) is 5.16. The number of carbonyl (C=O) groups excluding carboxylic acids is 1. The van der Waals surface area contributed by atoms with Crippen molar-refractivity contribution in [3.8, 4) is 17.4 Å². The summed E-state index contributed by atoms with van der Waals surface area (Å²) in [5.41, 5.74) is 0.281. The summed E-state index contributed by atoms with van der Waals surface area (Å²) >= 11 is 0. The van der Waals surface area contributed by atoms with Gasteiger partial charge in [0, 0.05) is 6.07 Å². The second-order valence-corrected chi connectivity index (χ2v) is 5.70. The van der Waals surface area contributed by atoms with E-state index in [1.54, 1.807) is 24.3 Å². The average Bonchev–Trinajstić information content (AvgIpc) is 2.62. The Labute approximate surface area is 155 Å². The quantitative estimate of drug-likeness (QED) is 0.442. The lowest BCUT2D eigenvalue weighted by atomic mass is 10.2. The molecule has 27 heavy (non-hydrogen) atoms. The zero-order valence-corrected chi connectivity index (χ0v) is 14.8. The molecule has 2 rings (SSSR count). The molecular formula is C19H20F3NO4. The Hall–Kier alpha value is -2.77. The maximum Gasteiger partial charge on any atom is 0.574 e. The van der Waals surface area contributed by atoms with Gasteiger partial charge in [-0.3, -0.25) is 0 Å². The minimum atomic E-state index is -4.83. The Morgan fingerprint density at radius 1 is 1.00 bits per heavy atom. The van der Waals surface area contributed by atoms with Crippen LogP contribution in [0.1, 0.15) is 43.0 Å². The molecule has 0 aliphatic rings. The second-order valence-electron chi connectivity index (χ2n) is 5.70. The van der Waals surface area contributed by atoms with Crippen LogP contribution in [0.2, 0.25) is 0 Å². The van der Waals surface area contributed by atoms with Crippen molar-refractivity contribution < 1.29 is 32.2 Å². The summed E-state index contributed by atoms with van der Waals surface area (Å²) < 4.78 is 50.6. The third-order valence-electron chi connectivity index (χ3n) is 3.50. The molecule has 146 valence electrons. The lowest BCUT2D eigenvalue weighted by Gasteiger charge is -2.09. The molecule has 2 aromatic rings. The van der Waals surface area contributed by atoms with E-state index in [1.165, 1.54) is 12.5 Å². The Balaban J connectivity index is 1.85. The fourth-order valence-corrected chi connectivity index (χ4v) is 2.18. The largest absolute Gasteiger partial charge is 0.574 e. The summed E-state index contributed by atoms with van der Waals surface area (Å²) in [6, 6.07) is 8.56. The first-order valence-electron chi connectivity index (χ1n) is 8.54. The fraction of sp³-hybridized carbons (Fsp3) is 0.368. The minimum Gasteiger partial charge on any atom is -0.494 e. The van der Waals surface area contributed by atoms with E-state index in [-0.39, 0.29) is 11.3 Å². The molecule has 0 spiro atoms. The van der Waals surface area contributed by atoms with E-state index < -0.39 is 18.2 Å². The van der Waals surface area contributed by atoms with Crippen LogP contribution >= 0.6 is 0 Å². The smallest absolute Gasteiger partial charge is 0.494 e. The van der Waals surface area contributed by atoms with Gasteiger partial charge in [0.25, 0.3) is 0 Å². The molecule has 0 aliphatic heterocycles. The molecule has 0 fully saturated rings. The van der Waals surface area contributed by atoms with E-state index in [4.69, 9.17) is 9.47 Å². The number of benzene rings is 1. The molecule has 0 saturated heterocycles. The number of unbranched alkanes of at least 4 members (excludes halogenated alkanes) is 3. The fourth-order valence-electron chi connectivity index (χ4n) is 2.18. The van der Waals surface area contributed by atoms with Crippen LogP contribution in [0.5, 0.6) is 17.4 Å². The SMILES string of the molecule is CCCCCCOc1ccc(C(=O)Oc2ccc(OC(F)(F)F)nc2)cc1. The number of ether oxygens (including phenoxy) is 3. The number of esters is 1. The van der Waals surface area contributed by atoms with Gasteiger partial charge in [-0.05, 0) is 36.8 Å². The molecule has 0 amide bonds. The standard InChI is InChI=1S/C19H20F3NO4/c1-2-3-4-5-12-25-15-8-6-14(7-9-15)18(24)26-16-10-11-17(23-13-16)27-19(20,21)22/h6-11,13H,2-5,12H2,1H3. The molecule has 1 aromatic heterocycles. The molecule has 8 heteroatoms. The highest BCUT2D eigenvalue weighted by atomic mass is 19.4. The van der Waals surface area contributed by atoms with Crippen molar-refractivity contribution in [3.63, 3.8) is 0 Å². The number of halogens is 3. The van der Waals surface area contributed by atoms with Gasteiger partial charge in [-0.25, -0.2) is 9.78 Å². The first-order chi connectivity index (χ1) is 12.9. The Bertz CT molecular complexity index is 715. The van der Waals surface area contributed by atoms with Gasteiger partial charge in [0.05, 0.1) is 18.4 Å². The highest BCUT2D eigenvalue weighted by Crippen LogP contribution is 2.22. The lowest BCUT2D eigenvalue weighted by molar-refractivity contribution is -0.276. The van der Waals surface area contributed by atoms with Crippen molar-refractivity contribution in [2.24, 2.45) is 0 Å². The first kappa shape index (κ1) is 20.5. The average molecular weight is 383 g/mol. The lowest BCUT2D eigenvalue weighted by Crippen LogP contribution is -2.17.